The largest absolute Gasteiger partial charge is 0.497 e. The summed E-state index contributed by atoms with van der Waals surface area (Å²) < 4.78 is 16.3. The molecular formula is C20H32N4O4. The zero-order valence-corrected chi connectivity index (χ0v) is 17.4. The van der Waals surface area contributed by atoms with Crippen LogP contribution in [-0.4, -0.2) is 71.4 Å². The van der Waals surface area contributed by atoms with E-state index in [1.807, 2.05) is 25.1 Å². The standard InChI is InChI=1S/C20H32N4O4/c1-14(17-10-16(26-4)6-7-18(17)27-5)23-20(22-12-19(25)24(2)3)21-11-15-8-9-28-13-15/h6-7,10,14-15H,8-9,11-13H2,1-5H3,(H2,21,22,23). The number of hydrogen-bond acceptors (Lipinski definition) is 5. The van der Waals surface area contributed by atoms with Crippen molar-refractivity contribution < 1.29 is 19.0 Å². The summed E-state index contributed by atoms with van der Waals surface area (Å²) in [4.78, 5) is 17.9. The number of rotatable bonds is 8. The first-order valence-electron chi connectivity index (χ1n) is 9.49. The van der Waals surface area contributed by atoms with Crippen molar-refractivity contribution >= 4 is 11.9 Å². The average molecular weight is 393 g/mol. The average Bonchev–Trinajstić information content (AvgIpc) is 3.22. The van der Waals surface area contributed by atoms with E-state index in [1.54, 1.807) is 28.3 Å². The predicted molar refractivity (Wildman–Crippen MR) is 109 cm³/mol. The third kappa shape index (κ3) is 6.30. The van der Waals surface area contributed by atoms with Crippen molar-refractivity contribution in [2.75, 3.05) is 54.6 Å². The number of nitrogens with zero attached hydrogens (tertiary/aromatic N) is 2. The number of likely N-dealkylation sites (N-methyl/N-ethyl adjacent to an activating group) is 1. The van der Waals surface area contributed by atoms with Gasteiger partial charge in [0, 0.05) is 38.7 Å². The van der Waals surface area contributed by atoms with Crippen LogP contribution in [-0.2, 0) is 9.53 Å². The first-order chi connectivity index (χ1) is 13.4. The monoisotopic (exact) mass is 392 g/mol. The van der Waals surface area contributed by atoms with Crippen LogP contribution in [0.2, 0.25) is 0 Å². The van der Waals surface area contributed by atoms with Gasteiger partial charge in [-0.25, -0.2) is 4.99 Å². The van der Waals surface area contributed by atoms with E-state index in [-0.39, 0.29) is 18.5 Å². The molecule has 1 aliphatic heterocycles. The molecule has 1 aromatic carbocycles. The quantitative estimate of drug-likeness (QED) is 0.514. The highest BCUT2D eigenvalue weighted by Gasteiger charge is 2.18. The summed E-state index contributed by atoms with van der Waals surface area (Å²) in [7, 11) is 6.71. The summed E-state index contributed by atoms with van der Waals surface area (Å²) in [5.41, 5.74) is 0.944. The molecule has 1 heterocycles. The minimum absolute atomic E-state index is 0.0584. The van der Waals surface area contributed by atoms with Gasteiger partial charge >= 0.3 is 0 Å². The van der Waals surface area contributed by atoms with Gasteiger partial charge in [0.25, 0.3) is 0 Å². The van der Waals surface area contributed by atoms with Crippen LogP contribution in [0.1, 0.15) is 24.9 Å². The van der Waals surface area contributed by atoms with Crippen molar-refractivity contribution in [3.05, 3.63) is 23.8 Å². The summed E-state index contributed by atoms with van der Waals surface area (Å²) in [6, 6.07) is 5.56. The fourth-order valence-electron chi connectivity index (χ4n) is 2.89. The van der Waals surface area contributed by atoms with Gasteiger partial charge in [0.15, 0.2) is 5.96 Å². The summed E-state index contributed by atoms with van der Waals surface area (Å²) in [6.07, 6.45) is 1.02. The molecule has 0 aliphatic carbocycles. The number of methoxy groups -OCH3 is 2. The summed E-state index contributed by atoms with van der Waals surface area (Å²) in [5.74, 6) is 2.48. The van der Waals surface area contributed by atoms with Gasteiger partial charge in [0.2, 0.25) is 5.91 Å². The van der Waals surface area contributed by atoms with Crippen LogP contribution < -0.4 is 20.1 Å². The Morgan fingerprint density at radius 3 is 2.75 bits per heavy atom. The molecule has 2 rings (SSSR count). The number of guanidine groups is 1. The van der Waals surface area contributed by atoms with E-state index in [0.29, 0.717) is 11.9 Å². The van der Waals surface area contributed by atoms with Gasteiger partial charge < -0.3 is 29.7 Å². The number of aliphatic imine (C=N–C) groups is 1. The normalized spacial score (nSPS) is 17.8. The highest BCUT2D eigenvalue weighted by atomic mass is 16.5. The summed E-state index contributed by atoms with van der Waals surface area (Å²) >= 11 is 0. The second kappa shape index (κ2) is 10.8. The first-order valence-corrected chi connectivity index (χ1v) is 9.49. The molecule has 0 aromatic heterocycles. The Bertz CT molecular complexity index is 672. The molecule has 156 valence electrons. The van der Waals surface area contributed by atoms with Crippen molar-refractivity contribution in [3.8, 4) is 11.5 Å². The van der Waals surface area contributed by atoms with E-state index >= 15 is 0 Å². The molecule has 8 heteroatoms. The third-order valence-corrected chi connectivity index (χ3v) is 4.71. The number of amides is 1. The van der Waals surface area contributed by atoms with Crippen LogP contribution in [0.4, 0.5) is 0 Å². The lowest BCUT2D eigenvalue weighted by molar-refractivity contribution is -0.127. The Balaban J connectivity index is 2.12. The van der Waals surface area contributed by atoms with Crippen molar-refractivity contribution in [1.82, 2.24) is 15.5 Å². The fraction of sp³-hybridized carbons (Fsp3) is 0.600. The lowest BCUT2D eigenvalue weighted by Gasteiger charge is -2.22. The number of hydrogen-bond donors (Lipinski definition) is 2. The molecule has 2 N–H and O–H groups in total. The molecule has 1 aromatic rings. The highest BCUT2D eigenvalue weighted by molar-refractivity contribution is 5.85. The first kappa shape index (κ1) is 21.8. The molecule has 0 spiro atoms. The van der Waals surface area contributed by atoms with Crippen molar-refractivity contribution in [2.24, 2.45) is 10.9 Å². The van der Waals surface area contributed by atoms with Gasteiger partial charge in [-0.1, -0.05) is 0 Å². The fourth-order valence-corrected chi connectivity index (χ4v) is 2.89. The maximum atomic E-state index is 12.0. The van der Waals surface area contributed by atoms with Gasteiger partial charge in [-0.3, -0.25) is 4.79 Å². The number of ether oxygens (including phenoxy) is 3. The Morgan fingerprint density at radius 2 is 2.14 bits per heavy atom. The van der Waals surface area contributed by atoms with Gasteiger partial charge in [-0.2, -0.15) is 0 Å². The van der Waals surface area contributed by atoms with E-state index < -0.39 is 0 Å². The van der Waals surface area contributed by atoms with E-state index in [4.69, 9.17) is 14.2 Å². The Labute approximate surface area is 167 Å². The topological polar surface area (TPSA) is 84.4 Å². The maximum Gasteiger partial charge on any atom is 0.243 e. The van der Waals surface area contributed by atoms with Crippen LogP contribution in [0, 0.1) is 5.92 Å². The molecule has 1 fully saturated rings. The minimum Gasteiger partial charge on any atom is -0.497 e. The van der Waals surface area contributed by atoms with Gasteiger partial charge in [0.05, 0.1) is 26.9 Å². The molecule has 0 bridgehead atoms. The number of carbonyl (C=O) groups excluding carboxylic acids is 1. The SMILES string of the molecule is COc1ccc(OC)c(C(C)NC(=NCC(=O)N(C)C)NCC2CCOC2)c1. The van der Waals surface area contributed by atoms with E-state index in [1.165, 1.54) is 4.90 Å². The maximum absolute atomic E-state index is 12.0. The van der Waals surface area contributed by atoms with E-state index in [9.17, 15) is 4.79 Å². The van der Waals surface area contributed by atoms with Crippen molar-refractivity contribution in [3.63, 3.8) is 0 Å². The molecule has 2 unspecified atom stereocenters. The summed E-state index contributed by atoms with van der Waals surface area (Å²) in [5, 5.41) is 6.71. The van der Waals surface area contributed by atoms with Crippen LogP contribution in [0.15, 0.2) is 23.2 Å². The van der Waals surface area contributed by atoms with Crippen molar-refractivity contribution in [1.29, 1.82) is 0 Å². The smallest absolute Gasteiger partial charge is 0.243 e. The minimum atomic E-state index is -0.106. The molecule has 1 saturated heterocycles. The number of benzene rings is 1. The molecule has 0 saturated carbocycles. The molecule has 28 heavy (non-hydrogen) atoms. The van der Waals surface area contributed by atoms with Gasteiger partial charge in [0.1, 0.15) is 18.0 Å². The van der Waals surface area contributed by atoms with Crippen LogP contribution in [0.25, 0.3) is 0 Å². The number of carbonyl (C=O) groups is 1. The van der Waals surface area contributed by atoms with E-state index in [2.05, 4.69) is 15.6 Å². The summed E-state index contributed by atoms with van der Waals surface area (Å²) in [6.45, 7) is 4.37. The van der Waals surface area contributed by atoms with Crippen LogP contribution >= 0.6 is 0 Å². The van der Waals surface area contributed by atoms with Crippen molar-refractivity contribution in [2.45, 2.75) is 19.4 Å². The zero-order valence-electron chi connectivity index (χ0n) is 17.4. The second-order valence-corrected chi connectivity index (χ2v) is 7.04. The lowest BCUT2D eigenvalue weighted by atomic mass is 10.1. The molecule has 1 aliphatic rings. The van der Waals surface area contributed by atoms with Gasteiger partial charge in [-0.15, -0.1) is 0 Å². The van der Waals surface area contributed by atoms with Gasteiger partial charge in [-0.05, 0) is 31.5 Å². The molecule has 8 nitrogen and oxygen atoms in total. The Hall–Kier alpha value is -2.48. The molecule has 0 radical (unpaired) electrons. The Morgan fingerprint density at radius 1 is 1.36 bits per heavy atom. The third-order valence-electron chi connectivity index (χ3n) is 4.71. The Kier molecular flexibility index (Phi) is 8.38. The molecular weight excluding hydrogens is 360 g/mol. The molecule has 1 amide bonds. The predicted octanol–water partition coefficient (Wildman–Crippen LogP) is 1.42. The van der Waals surface area contributed by atoms with Crippen LogP contribution in [0.5, 0.6) is 11.5 Å². The number of nitrogens with one attached hydrogen (secondary N) is 2. The van der Waals surface area contributed by atoms with E-state index in [0.717, 1.165) is 43.2 Å². The van der Waals surface area contributed by atoms with Crippen LogP contribution in [0.3, 0.4) is 0 Å². The molecule has 2 atom stereocenters. The highest BCUT2D eigenvalue weighted by Crippen LogP contribution is 2.29. The second-order valence-electron chi connectivity index (χ2n) is 7.04. The lowest BCUT2D eigenvalue weighted by Crippen LogP contribution is -2.42. The zero-order chi connectivity index (χ0) is 20.5.